The summed E-state index contributed by atoms with van der Waals surface area (Å²) in [6.07, 6.45) is 4.59. The lowest BCUT2D eigenvalue weighted by atomic mass is 10.1. The topological polar surface area (TPSA) is 46.3 Å². The van der Waals surface area contributed by atoms with Crippen molar-refractivity contribution in [3.63, 3.8) is 0 Å². The van der Waals surface area contributed by atoms with Gasteiger partial charge in [-0.2, -0.15) is 0 Å². The van der Waals surface area contributed by atoms with Gasteiger partial charge in [-0.3, -0.25) is 4.79 Å². The van der Waals surface area contributed by atoms with Crippen LogP contribution in [-0.2, 0) is 4.79 Å². The molecule has 2 N–H and O–H groups in total. The largest absolute Gasteiger partial charge is 0.339 e. The van der Waals surface area contributed by atoms with E-state index in [-0.39, 0.29) is 5.91 Å². The second kappa shape index (κ2) is 5.83. The molecule has 3 heteroatoms. The molecule has 0 aromatic heterocycles. The summed E-state index contributed by atoms with van der Waals surface area (Å²) >= 11 is 0. The van der Waals surface area contributed by atoms with Crippen molar-refractivity contribution in [1.82, 2.24) is 4.90 Å². The van der Waals surface area contributed by atoms with Crippen LogP contribution in [0.5, 0.6) is 0 Å². The van der Waals surface area contributed by atoms with E-state index in [1.807, 2.05) is 42.2 Å². The van der Waals surface area contributed by atoms with Gasteiger partial charge in [-0.15, -0.1) is 0 Å². The maximum atomic E-state index is 12.0. The number of hydrogen-bond donors (Lipinski definition) is 1. The molecular formula is C15H20N2O. The first-order chi connectivity index (χ1) is 8.70. The van der Waals surface area contributed by atoms with Crippen LogP contribution in [0, 0.1) is 12.8 Å². The van der Waals surface area contributed by atoms with E-state index >= 15 is 0 Å². The van der Waals surface area contributed by atoms with Crippen LogP contribution in [0.2, 0.25) is 0 Å². The highest BCUT2D eigenvalue weighted by molar-refractivity contribution is 5.92. The summed E-state index contributed by atoms with van der Waals surface area (Å²) in [5.41, 5.74) is 7.91. The van der Waals surface area contributed by atoms with Crippen molar-refractivity contribution in [1.29, 1.82) is 0 Å². The van der Waals surface area contributed by atoms with E-state index in [0.29, 0.717) is 12.5 Å². The van der Waals surface area contributed by atoms with Crippen LogP contribution < -0.4 is 5.73 Å². The van der Waals surface area contributed by atoms with Crippen LogP contribution in [0.1, 0.15) is 17.5 Å². The van der Waals surface area contributed by atoms with E-state index in [1.54, 1.807) is 6.08 Å². The molecule has 2 rings (SSSR count). The number of carbonyl (C=O) groups excluding carboxylic acids is 1. The third-order valence-electron chi connectivity index (χ3n) is 3.52. The van der Waals surface area contributed by atoms with Crippen molar-refractivity contribution in [3.8, 4) is 0 Å². The molecule has 18 heavy (non-hydrogen) atoms. The summed E-state index contributed by atoms with van der Waals surface area (Å²) in [5, 5.41) is 0. The van der Waals surface area contributed by atoms with Crippen molar-refractivity contribution in [2.45, 2.75) is 13.3 Å². The number of rotatable bonds is 3. The lowest BCUT2D eigenvalue weighted by Gasteiger charge is -2.13. The Labute approximate surface area is 108 Å². The molecule has 1 aliphatic rings. The monoisotopic (exact) mass is 244 g/mol. The van der Waals surface area contributed by atoms with Gasteiger partial charge in [-0.1, -0.05) is 24.3 Å². The van der Waals surface area contributed by atoms with Gasteiger partial charge >= 0.3 is 0 Å². The van der Waals surface area contributed by atoms with E-state index in [2.05, 4.69) is 0 Å². The van der Waals surface area contributed by atoms with E-state index in [0.717, 1.165) is 25.1 Å². The number of likely N-dealkylation sites (tertiary alicyclic amines) is 1. The van der Waals surface area contributed by atoms with E-state index in [4.69, 9.17) is 5.73 Å². The van der Waals surface area contributed by atoms with Gasteiger partial charge in [-0.05, 0) is 43.0 Å². The van der Waals surface area contributed by atoms with Crippen molar-refractivity contribution >= 4 is 12.0 Å². The van der Waals surface area contributed by atoms with Gasteiger partial charge in [0.05, 0.1) is 0 Å². The first-order valence-electron chi connectivity index (χ1n) is 6.43. The van der Waals surface area contributed by atoms with Crippen molar-refractivity contribution in [2.75, 3.05) is 19.6 Å². The Bertz CT molecular complexity index is 454. The molecule has 1 aliphatic heterocycles. The van der Waals surface area contributed by atoms with E-state index in [9.17, 15) is 4.79 Å². The zero-order chi connectivity index (χ0) is 13.0. The van der Waals surface area contributed by atoms with Crippen LogP contribution >= 0.6 is 0 Å². The molecule has 96 valence electrons. The van der Waals surface area contributed by atoms with Crippen LogP contribution in [0.3, 0.4) is 0 Å². The van der Waals surface area contributed by atoms with Crippen LogP contribution in [0.4, 0.5) is 0 Å². The van der Waals surface area contributed by atoms with Crippen LogP contribution in [0.15, 0.2) is 30.3 Å². The predicted octanol–water partition coefficient (Wildman–Crippen LogP) is 1.82. The molecule has 1 atom stereocenters. The summed E-state index contributed by atoms with van der Waals surface area (Å²) in [6.45, 7) is 4.35. The van der Waals surface area contributed by atoms with Crippen LogP contribution in [-0.4, -0.2) is 30.4 Å². The Morgan fingerprint density at radius 1 is 1.50 bits per heavy atom. The molecule has 1 heterocycles. The summed E-state index contributed by atoms with van der Waals surface area (Å²) in [4.78, 5) is 13.9. The van der Waals surface area contributed by atoms with Gasteiger partial charge in [0.1, 0.15) is 0 Å². The molecule has 1 unspecified atom stereocenters. The first kappa shape index (κ1) is 12.8. The Hall–Kier alpha value is -1.61. The molecule has 0 saturated carbocycles. The van der Waals surface area contributed by atoms with Gasteiger partial charge in [0.2, 0.25) is 5.91 Å². The number of hydrogen-bond acceptors (Lipinski definition) is 2. The second-order valence-corrected chi connectivity index (χ2v) is 4.86. The highest BCUT2D eigenvalue weighted by Gasteiger charge is 2.23. The van der Waals surface area contributed by atoms with Gasteiger partial charge in [0, 0.05) is 19.2 Å². The number of aryl methyl sites for hydroxylation is 1. The number of nitrogens with two attached hydrogens (primary N) is 1. The first-order valence-corrected chi connectivity index (χ1v) is 6.43. The fraction of sp³-hybridized carbons (Fsp3) is 0.400. The highest BCUT2D eigenvalue weighted by Crippen LogP contribution is 2.16. The third kappa shape index (κ3) is 2.99. The standard InChI is InChI=1S/C15H20N2O/c1-12-4-2-3-5-14(12)6-7-15(18)17-9-8-13(10-16)11-17/h2-7,13H,8-11,16H2,1H3. The maximum Gasteiger partial charge on any atom is 0.246 e. The molecule has 0 bridgehead atoms. The molecular weight excluding hydrogens is 224 g/mol. The zero-order valence-corrected chi connectivity index (χ0v) is 10.8. The Kier molecular flexibility index (Phi) is 4.15. The molecule has 0 radical (unpaired) electrons. The molecule has 1 amide bonds. The van der Waals surface area contributed by atoms with Crippen molar-refractivity contribution in [2.24, 2.45) is 11.7 Å². The Morgan fingerprint density at radius 2 is 2.28 bits per heavy atom. The molecule has 1 aromatic carbocycles. The van der Waals surface area contributed by atoms with Gasteiger partial charge < -0.3 is 10.6 Å². The summed E-state index contributed by atoms with van der Waals surface area (Å²) in [6, 6.07) is 8.05. The van der Waals surface area contributed by atoms with Crippen molar-refractivity contribution in [3.05, 3.63) is 41.5 Å². The lowest BCUT2D eigenvalue weighted by Crippen LogP contribution is -2.28. The summed E-state index contributed by atoms with van der Waals surface area (Å²) in [5.74, 6) is 0.565. The van der Waals surface area contributed by atoms with Crippen molar-refractivity contribution < 1.29 is 4.79 Å². The summed E-state index contributed by atoms with van der Waals surface area (Å²) in [7, 11) is 0. The molecule has 0 spiro atoms. The fourth-order valence-electron chi connectivity index (χ4n) is 2.27. The molecule has 1 fully saturated rings. The SMILES string of the molecule is Cc1ccccc1C=CC(=O)N1CCC(CN)C1. The normalized spacial score (nSPS) is 19.7. The second-order valence-electron chi connectivity index (χ2n) is 4.86. The number of benzene rings is 1. The average molecular weight is 244 g/mol. The minimum atomic E-state index is 0.0919. The predicted molar refractivity (Wildman–Crippen MR) is 74.0 cm³/mol. The molecule has 3 nitrogen and oxygen atoms in total. The van der Waals surface area contributed by atoms with E-state index < -0.39 is 0 Å². The van der Waals surface area contributed by atoms with E-state index in [1.165, 1.54) is 5.56 Å². The van der Waals surface area contributed by atoms with Crippen LogP contribution in [0.25, 0.3) is 6.08 Å². The third-order valence-corrected chi connectivity index (χ3v) is 3.52. The van der Waals surface area contributed by atoms with Gasteiger partial charge in [-0.25, -0.2) is 0 Å². The minimum Gasteiger partial charge on any atom is -0.339 e. The van der Waals surface area contributed by atoms with Gasteiger partial charge in [0.25, 0.3) is 0 Å². The molecule has 0 aliphatic carbocycles. The number of amides is 1. The molecule has 1 aromatic rings. The highest BCUT2D eigenvalue weighted by atomic mass is 16.2. The summed E-state index contributed by atoms with van der Waals surface area (Å²) < 4.78 is 0. The smallest absolute Gasteiger partial charge is 0.246 e. The maximum absolute atomic E-state index is 12.0. The fourth-order valence-corrected chi connectivity index (χ4v) is 2.27. The quantitative estimate of drug-likeness (QED) is 0.824. The molecule has 1 saturated heterocycles. The lowest BCUT2D eigenvalue weighted by molar-refractivity contribution is -0.125. The van der Waals surface area contributed by atoms with Gasteiger partial charge in [0.15, 0.2) is 0 Å². The minimum absolute atomic E-state index is 0.0919. The Balaban J connectivity index is 1.98. The number of carbonyl (C=O) groups is 1. The average Bonchev–Trinajstić information content (AvgIpc) is 2.86. The zero-order valence-electron chi connectivity index (χ0n) is 10.8. The Morgan fingerprint density at radius 3 is 2.94 bits per heavy atom. The number of nitrogens with zero attached hydrogens (tertiary/aromatic N) is 1.